The average molecular weight is 453 g/mol. The van der Waals surface area contributed by atoms with Crippen LogP contribution in [0.1, 0.15) is 18.6 Å². The summed E-state index contributed by atoms with van der Waals surface area (Å²) in [6.07, 6.45) is 2.77. The molecule has 0 fully saturated rings. The smallest absolute Gasteiger partial charge is 0.220 e. The average Bonchev–Trinajstić information content (AvgIpc) is 3.46. The van der Waals surface area contributed by atoms with E-state index in [1.54, 1.807) is 24.1 Å². The van der Waals surface area contributed by atoms with Crippen LogP contribution in [0.15, 0.2) is 82.6 Å². The third-order valence-corrected chi connectivity index (χ3v) is 5.84. The molecule has 0 bridgehead atoms. The molecule has 31 heavy (non-hydrogen) atoms. The van der Waals surface area contributed by atoms with Gasteiger partial charge in [-0.1, -0.05) is 41.6 Å². The van der Waals surface area contributed by atoms with Crippen LogP contribution in [-0.4, -0.2) is 26.4 Å². The highest BCUT2D eigenvalue weighted by Crippen LogP contribution is 2.29. The standard InChI is InChI=1S/C23H21ClN4O2S/c24-18-12-10-17(11-13-18)22-26-27-23(28(22)19-6-2-1-3-7-19)31-15-5-9-21(29)25-16-20-8-4-14-30-20/h1-4,6-8,10-14H,5,9,15-16H2,(H,25,29). The number of nitrogens with one attached hydrogen (secondary N) is 1. The van der Waals surface area contributed by atoms with E-state index in [1.807, 2.05) is 65.2 Å². The van der Waals surface area contributed by atoms with E-state index >= 15 is 0 Å². The van der Waals surface area contributed by atoms with Crippen molar-refractivity contribution in [2.45, 2.75) is 24.5 Å². The molecule has 2 aromatic heterocycles. The number of hydrogen-bond donors (Lipinski definition) is 1. The number of para-hydroxylation sites is 1. The van der Waals surface area contributed by atoms with Crippen molar-refractivity contribution in [2.24, 2.45) is 0 Å². The monoisotopic (exact) mass is 452 g/mol. The van der Waals surface area contributed by atoms with Crippen LogP contribution < -0.4 is 5.32 Å². The Hall–Kier alpha value is -3.03. The normalized spacial score (nSPS) is 10.9. The fourth-order valence-electron chi connectivity index (χ4n) is 3.04. The molecule has 0 aliphatic heterocycles. The van der Waals surface area contributed by atoms with Crippen molar-refractivity contribution in [2.75, 3.05) is 5.75 Å². The summed E-state index contributed by atoms with van der Waals surface area (Å²) in [6, 6.07) is 21.2. The fraction of sp³-hybridized carbons (Fsp3) is 0.174. The molecule has 158 valence electrons. The molecule has 2 heterocycles. The Morgan fingerprint density at radius 2 is 1.84 bits per heavy atom. The second-order valence-electron chi connectivity index (χ2n) is 6.79. The molecule has 0 aliphatic carbocycles. The number of halogens is 1. The van der Waals surface area contributed by atoms with Gasteiger partial charge in [-0.3, -0.25) is 9.36 Å². The van der Waals surface area contributed by atoms with Crippen molar-refractivity contribution >= 4 is 29.3 Å². The number of amides is 1. The SMILES string of the molecule is O=C(CCCSc1nnc(-c2ccc(Cl)cc2)n1-c1ccccc1)NCc1ccco1. The van der Waals surface area contributed by atoms with Gasteiger partial charge in [0.2, 0.25) is 5.91 Å². The van der Waals surface area contributed by atoms with Crippen LogP contribution >= 0.6 is 23.4 Å². The van der Waals surface area contributed by atoms with Gasteiger partial charge in [-0.25, -0.2) is 0 Å². The van der Waals surface area contributed by atoms with Crippen molar-refractivity contribution in [1.82, 2.24) is 20.1 Å². The van der Waals surface area contributed by atoms with Gasteiger partial charge in [0.15, 0.2) is 11.0 Å². The van der Waals surface area contributed by atoms with Gasteiger partial charge in [0.05, 0.1) is 12.8 Å². The first-order valence-corrected chi connectivity index (χ1v) is 11.3. The number of benzene rings is 2. The molecular weight excluding hydrogens is 432 g/mol. The van der Waals surface area contributed by atoms with E-state index in [9.17, 15) is 4.79 Å². The zero-order valence-corrected chi connectivity index (χ0v) is 18.3. The van der Waals surface area contributed by atoms with Gasteiger partial charge in [0.1, 0.15) is 5.76 Å². The number of hydrogen-bond acceptors (Lipinski definition) is 5. The van der Waals surface area contributed by atoms with Gasteiger partial charge in [-0.05, 0) is 55.0 Å². The molecule has 0 atom stereocenters. The quantitative estimate of drug-likeness (QED) is 0.273. The van der Waals surface area contributed by atoms with Crippen molar-refractivity contribution in [3.8, 4) is 17.1 Å². The Morgan fingerprint density at radius 1 is 1.03 bits per heavy atom. The van der Waals surface area contributed by atoms with Gasteiger partial charge in [-0.15, -0.1) is 10.2 Å². The first-order valence-electron chi connectivity index (χ1n) is 9.89. The minimum Gasteiger partial charge on any atom is -0.467 e. The molecule has 8 heteroatoms. The summed E-state index contributed by atoms with van der Waals surface area (Å²) in [5.74, 6) is 2.25. The lowest BCUT2D eigenvalue weighted by Crippen LogP contribution is -2.22. The maximum atomic E-state index is 12.0. The molecule has 6 nitrogen and oxygen atoms in total. The van der Waals surface area contributed by atoms with E-state index < -0.39 is 0 Å². The van der Waals surface area contributed by atoms with Crippen LogP contribution in [0.3, 0.4) is 0 Å². The minimum atomic E-state index is 0.00313. The number of carbonyl (C=O) groups excluding carboxylic acids is 1. The lowest BCUT2D eigenvalue weighted by atomic mass is 10.2. The molecule has 4 rings (SSSR count). The van der Waals surface area contributed by atoms with Crippen LogP contribution in [0, 0.1) is 0 Å². The number of nitrogens with zero attached hydrogens (tertiary/aromatic N) is 3. The summed E-state index contributed by atoms with van der Waals surface area (Å²) in [5, 5.41) is 13.2. The van der Waals surface area contributed by atoms with E-state index in [-0.39, 0.29) is 5.91 Å². The van der Waals surface area contributed by atoms with Gasteiger partial charge in [0, 0.05) is 28.4 Å². The highest BCUT2D eigenvalue weighted by molar-refractivity contribution is 7.99. The van der Waals surface area contributed by atoms with E-state index in [2.05, 4.69) is 15.5 Å². The molecule has 0 unspecified atom stereocenters. The predicted octanol–water partition coefficient (Wildman–Crippen LogP) is 5.37. The molecule has 4 aromatic rings. The predicted molar refractivity (Wildman–Crippen MR) is 122 cm³/mol. The Bertz CT molecular complexity index is 1110. The Morgan fingerprint density at radius 3 is 2.58 bits per heavy atom. The van der Waals surface area contributed by atoms with Crippen LogP contribution in [-0.2, 0) is 11.3 Å². The van der Waals surface area contributed by atoms with Gasteiger partial charge < -0.3 is 9.73 Å². The van der Waals surface area contributed by atoms with Crippen LogP contribution in [0.2, 0.25) is 5.02 Å². The number of carbonyl (C=O) groups is 1. The summed E-state index contributed by atoms with van der Waals surface area (Å²) in [6.45, 7) is 0.408. The number of rotatable bonds is 9. The molecule has 0 radical (unpaired) electrons. The summed E-state index contributed by atoms with van der Waals surface area (Å²) < 4.78 is 7.26. The Labute approximate surface area is 189 Å². The van der Waals surface area contributed by atoms with Crippen molar-refractivity contribution in [1.29, 1.82) is 0 Å². The Kier molecular flexibility index (Phi) is 7.07. The summed E-state index contributed by atoms with van der Waals surface area (Å²) in [7, 11) is 0. The lowest BCUT2D eigenvalue weighted by Gasteiger charge is -2.10. The fourth-order valence-corrected chi connectivity index (χ4v) is 4.06. The van der Waals surface area contributed by atoms with Gasteiger partial charge >= 0.3 is 0 Å². The number of aromatic nitrogens is 3. The molecular formula is C23H21ClN4O2S. The largest absolute Gasteiger partial charge is 0.467 e. The van der Waals surface area contributed by atoms with Crippen LogP contribution in [0.5, 0.6) is 0 Å². The van der Waals surface area contributed by atoms with Gasteiger partial charge in [0.25, 0.3) is 0 Å². The van der Waals surface area contributed by atoms with Gasteiger partial charge in [-0.2, -0.15) is 0 Å². The summed E-state index contributed by atoms with van der Waals surface area (Å²) in [4.78, 5) is 12.0. The first kappa shape index (κ1) is 21.2. The second-order valence-corrected chi connectivity index (χ2v) is 8.29. The molecule has 0 saturated heterocycles. The molecule has 0 saturated carbocycles. The summed E-state index contributed by atoms with van der Waals surface area (Å²) >= 11 is 7.62. The topological polar surface area (TPSA) is 73.0 Å². The van der Waals surface area contributed by atoms with Crippen LogP contribution in [0.25, 0.3) is 17.1 Å². The first-order chi connectivity index (χ1) is 15.2. The summed E-state index contributed by atoms with van der Waals surface area (Å²) in [5.41, 5.74) is 1.92. The minimum absolute atomic E-state index is 0.00313. The zero-order chi connectivity index (χ0) is 21.5. The maximum Gasteiger partial charge on any atom is 0.220 e. The molecule has 1 amide bonds. The molecule has 2 aromatic carbocycles. The third kappa shape index (κ3) is 5.57. The van der Waals surface area contributed by atoms with E-state index in [1.165, 1.54) is 0 Å². The van der Waals surface area contributed by atoms with E-state index in [4.69, 9.17) is 16.0 Å². The van der Waals surface area contributed by atoms with Crippen LogP contribution in [0.4, 0.5) is 0 Å². The van der Waals surface area contributed by atoms with Crippen molar-refractivity contribution in [3.05, 3.63) is 83.8 Å². The number of furan rings is 1. The third-order valence-electron chi connectivity index (χ3n) is 4.57. The Balaban J connectivity index is 1.41. The van der Waals surface area contributed by atoms with E-state index in [0.29, 0.717) is 18.0 Å². The van der Waals surface area contributed by atoms with E-state index in [0.717, 1.165) is 40.2 Å². The highest BCUT2D eigenvalue weighted by Gasteiger charge is 2.16. The maximum absolute atomic E-state index is 12.0. The van der Waals surface area contributed by atoms with Crippen molar-refractivity contribution < 1.29 is 9.21 Å². The lowest BCUT2D eigenvalue weighted by molar-refractivity contribution is -0.121. The molecule has 1 N–H and O–H groups in total. The molecule has 0 aliphatic rings. The molecule has 0 spiro atoms. The van der Waals surface area contributed by atoms with Crippen molar-refractivity contribution in [3.63, 3.8) is 0 Å². The highest BCUT2D eigenvalue weighted by atomic mass is 35.5. The second kappa shape index (κ2) is 10.3. The zero-order valence-electron chi connectivity index (χ0n) is 16.7. The number of thioether (sulfide) groups is 1.